The van der Waals surface area contributed by atoms with Gasteiger partial charge in [-0.1, -0.05) is 18.2 Å². The van der Waals surface area contributed by atoms with E-state index in [0.717, 1.165) is 10.9 Å². The van der Waals surface area contributed by atoms with Crippen molar-refractivity contribution in [2.75, 3.05) is 6.61 Å². The molecule has 0 aliphatic carbocycles. The number of aromatic nitrogens is 1. The maximum absolute atomic E-state index is 11.8. The van der Waals surface area contributed by atoms with Gasteiger partial charge in [0.15, 0.2) is 0 Å². The number of hydrogen-bond acceptors (Lipinski definition) is 2. The summed E-state index contributed by atoms with van der Waals surface area (Å²) >= 11 is 0. The molecule has 83 valence electrons. The van der Waals surface area contributed by atoms with Gasteiger partial charge in [0.2, 0.25) is 6.10 Å². The van der Waals surface area contributed by atoms with Crippen LogP contribution in [0.5, 0.6) is 0 Å². The van der Waals surface area contributed by atoms with Crippen LogP contribution in [0, 0.1) is 0 Å². The van der Waals surface area contributed by atoms with Crippen LogP contribution < -0.4 is 0 Å². The van der Waals surface area contributed by atoms with Crippen molar-refractivity contribution in [1.82, 2.24) is 4.98 Å². The average Bonchev–Trinajstić information content (AvgIpc) is 2.72. The zero-order valence-electron chi connectivity index (χ0n) is 8.90. The molecule has 0 aliphatic heterocycles. The van der Waals surface area contributed by atoms with Crippen molar-refractivity contribution < 1.29 is 14.6 Å². The highest BCUT2D eigenvalue weighted by molar-refractivity contribution is 5.88. The molecule has 0 saturated heterocycles. The topological polar surface area (TPSA) is 62.0 Å². The van der Waals surface area contributed by atoms with Crippen LogP contribution in [-0.2, 0) is 14.6 Å². The van der Waals surface area contributed by atoms with E-state index in [4.69, 9.17) is 4.74 Å². The van der Waals surface area contributed by atoms with Gasteiger partial charge >= 0.3 is 5.97 Å². The predicted molar refractivity (Wildman–Crippen MR) is 58.4 cm³/mol. The maximum Gasteiger partial charge on any atom is 0.343 e. The Hall–Kier alpha value is -1.81. The lowest BCUT2D eigenvalue weighted by molar-refractivity contribution is -0.157. The van der Waals surface area contributed by atoms with Crippen LogP contribution in [0.15, 0.2) is 30.5 Å². The summed E-state index contributed by atoms with van der Waals surface area (Å²) < 4.78 is 4.71. The predicted octanol–water partition coefficient (Wildman–Crippen LogP) is 2.20. The second kappa shape index (κ2) is 4.37. The number of fused-ring (bicyclic) bond motifs is 1. The quantitative estimate of drug-likeness (QED) is 0.803. The van der Waals surface area contributed by atoms with E-state index >= 15 is 0 Å². The van der Waals surface area contributed by atoms with Crippen LogP contribution in [0.4, 0.5) is 0 Å². The molecule has 0 spiro atoms. The third kappa shape index (κ3) is 1.79. The number of ether oxygens (including phenoxy) is 1. The third-order valence-corrected chi connectivity index (χ3v) is 2.40. The number of hydrogen-bond donors (Lipinski definition) is 1. The molecule has 4 nitrogen and oxygen atoms in total. The molecule has 1 aromatic carbocycles. The largest absolute Gasteiger partial charge is 0.464 e. The highest BCUT2D eigenvalue weighted by atomic mass is 16.5. The van der Waals surface area contributed by atoms with Crippen LogP contribution >= 0.6 is 0 Å². The van der Waals surface area contributed by atoms with Crippen molar-refractivity contribution in [2.45, 2.75) is 13.0 Å². The number of carbonyl (C=O) groups excluding carboxylic acids is 1. The molecule has 1 radical (unpaired) electrons. The fourth-order valence-corrected chi connectivity index (χ4v) is 1.66. The summed E-state index contributed by atoms with van der Waals surface area (Å²) in [5, 5.41) is 12.6. The first-order valence-corrected chi connectivity index (χ1v) is 5.12. The summed E-state index contributed by atoms with van der Waals surface area (Å²) in [4.78, 5) is 14.3. The summed E-state index contributed by atoms with van der Waals surface area (Å²) in [6.45, 7) is 1.90. The Morgan fingerprint density at radius 2 is 2.19 bits per heavy atom. The zero-order chi connectivity index (χ0) is 11.5. The van der Waals surface area contributed by atoms with E-state index in [-0.39, 0.29) is 6.61 Å². The molecule has 1 unspecified atom stereocenters. The molecule has 2 rings (SSSR count). The molecule has 1 N–H and O–H groups in total. The molecule has 2 aromatic rings. The molecule has 16 heavy (non-hydrogen) atoms. The fourth-order valence-electron chi connectivity index (χ4n) is 1.66. The number of aromatic amines is 1. The van der Waals surface area contributed by atoms with Crippen LogP contribution in [0.1, 0.15) is 18.6 Å². The maximum atomic E-state index is 11.8. The van der Waals surface area contributed by atoms with Gasteiger partial charge in [0.05, 0.1) is 6.61 Å². The van der Waals surface area contributed by atoms with Gasteiger partial charge in [-0.05, 0) is 13.0 Å². The SMILES string of the molecule is CCOC(=O)C([O])c1c[nH]c2ccccc12. The Kier molecular flexibility index (Phi) is 2.92. The third-order valence-electron chi connectivity index (χ3n) is 2.40. The molecule has 1 aromatic heterocycles. The number of nitrogens with one attached hydrogen (secondary N) is 1. The van der Waals surface area contributed by atoms with Gasteiger partial charge in [0.1, 0.15) is 0 Å². The van der Waals surface area contributed by atoms with E-state index < -0.39 is 12.1 Å². The molecule has 1 heterocycles. The lowest BCUT2D eigenvalue weighted by Gasteiger charge is -2.06. The Morgan fingerprint density at radius 1 is 1.44 bits per heavy atom. The summed E-state index contributed by atoms with van der Waals surface area (Å²) in [5.74, 6) is -0.729. The summed E-state index contributed by atoms with van der Waals surface area (Å²) in [5.41, 5.74) is 1.29. The lowest BCUT2D eigenvalue weighted by atomic mass is 10.1. The highest BCUT2D eigenvalue weighted by Crippen LogP contribution is 2.25. The molecule has 1 atom stereocenters. The lowest BCUT2D eigenvalue weighted by Crippen LogP contribution is -2.13. The van der Waals surface area contributed by atoms with Gasteiger partial charge in [-0.3, -0.25) is 0 Å². The summed E-state index contributed by atoms with van der Waals surface area (Å²) in [6.07, 6.45) is 0.0929. The molecule has 0 bridgehead atoms. The van der Waals surface area contributed by atoms with Crippen molar-refractivity contribution in [3.05, 3.63) is 36.0 Å². The van der Waals surface area contributed by atoms with Crippen molar-refractivity contribution >= 4 is 16.9 Å². The zero-order valence-corrected chi connectivity index (χ0v) is 8.90. The first-order chi connectivity index (χ1) is 7.74. The number of esters is 1. The first kappa shape index (κ1) is 10.7. The van der Waals surface area contributed by atoms with Crippen molar-refractivity contribution in [3.8, 4) is 0 Å². The standard InChI is InChI=1S/C12H12NO3/c1-2-16-12(15)11(14)9-7-13-10-6-4-3-5-8(9)10/h3-7,11,13H,2H2,1H3. The van der Waals surface area contributed by atoms with Gasteiger partial charge < -0.3 is 9.72 Å². The molecule has 0 aliphatic rings. The van der Waals surface area contributed by atoms with E-state index in [1.807, 2.05) is 24.3 Å². The fraction of sp³-hybridized carbons (Fsp3) is 0.250. The number of H-pyrrole nitrogens is 1. The van der Waals surface area contributed by atoms with Gasteiger partial charge in [-0.2, -0.15) is 0 Å². The molecule has 0 fully saturated rings. The molecule has 4 heteroatoms. The van der Waals surface area contributed by atoms with Gasteiger partial charge in [0, 0.05) is 22.7 Å². The molecular formula is C12H12NO3. The minimum absolute atomic E-state index is 0.222. The van der Waals surface area contributed by atoms with Crippen LogP contribution in [0.2, 0.25) is 0 Å². The van der Waals surface area contributed by atoms with E-state index in [9.17, 15) is 9.90 Å². The molecule has 0 saturated carbocycles. The summed E-state index contributed by atoms with van der Waals surface area (Å²) in [7, 11) is 0. The van der Waals surface area contributed by atoms with E-state index in [1.54, 1.807) is 13.1 Å². The van der Waals surface area contributed by atoms with Crippen molar-refractivity contribution in [2.24, 2.45) is 0 Å². The highest BCUT2D eigenvalue weighted by Gasteiger charge is 2.23. The number of para-hydroxylation sites is 1. The smallest absolute Gasteiger partial charge is 0.343 e. The van der Waals surface area contributed by atoms with E-state index in [1.165, 1.54) is 0 Å². The Morgan fingerprint density at radius 3 is 2.94 bits per heavy atom. The van der Waals surface area contributed by atoms with Crippen LogP contribution in [0.25, 0.3) is 10.9 Å². The van der Waals surface area contributed by atoms with Crippen LogP contribution in [-0.4, -0.2) is 17.6 Å². The second-order valence-corrected chi connectivity index (χ2v) is 3.42. The van der Waals surface area contributed by atoms with Crippen molar-refractivity contribution in [1.29, 1.82) is 0 Å². The van der Waals surface area contributed by atoms with E-state index in [0.29, 0.717) is 5.56 Å². The van der Waals surface area contributed by atoms with Gasteiger partial charge in [-0.15, -0.1) is 0 Å². The first-order valence-electron chi connectivity index (χ1n) is 5.12. The average molecular weight is 218 g/mol. The Balaban J connectivity index is 2.36. The normalized spacial score (nSPS) is 12.6. The summed E-state index contributed by atoms with van der Waals surface area (Å²) in [6, 6.07) is 7.37. The van der Waals surface area contributed by atoms with Gasteiger partial charge in [-0.25, -0.2) is 9.90 Å². The molecule has 0 amide bonds. The monoisotopic (exact) mass is 218 g/mol. The minimum atomic E-state index is -1.48. The van der Waals surface area contributed by atoms with Gasteiger partial charge in [0.25, 0.3) is 0 Å². The minimum Gasteiger partial charge on any atom is -0.464 e. The van der Waals surface area contributed by atoms with Crippen molar-refractivity contribution in [3.63, 3.8) is 0 Å². The number of benzene rings is 1. The number of rotatable bonds is 3. The Bertz CT molecular complexity index is 504. The number of carbonyl (C=O) groups is 1. The molecular weight excluding hydrogens is 206 g/mol. The second-order valence-electron chi connectivity index (χ2n) is 3.42. The van der Waals surface area contributed by atoms with E-state index in [2.05, 4.69) is 4.98 Å². The van der Waals surface area contributed by atoms with Crippen LogP contribution in [0.3, 0.4) is 0 Å². The Labute approximate surface area is 92.9 Å².